The van der Waals surface area contributed by atoms with E-state index in [2.05, 4.69) is 20.1 Å². The standard InChI is InChI=1S/C21H22F3N7O2/c1-29-12-13(19(25)32)10-18(29)16-4-5-27-21(28-16)31(33-20(23)24)17-11-14(2-3-15(17)22)30-8-6-26-7-9-30/h2-5,10-12,20,26H,6-9H2,1H3,(H2,25,32). The van der Waals surface area contributed by atoms with Gasteiger partial charge in [-0.25, -0.2) is 14.4 Å². The number of piperazine rings is 1. The van der Waals surface area contributed by atoms with Crippen LogP contribution in [0.3, 0.4) is 0 Å². The van der Waals surface area contributed by atoms with Gasteiger partial charge >= 0.3 is 6.61 Å². The Morgan fingerprint density at radius 1 is 1.24 bits per heavy atom. The van der Waals surface area contributed by atoms with E-state index in [0.29, 0.717) is 35.2 Å². The zero-order valence-electron chi connectivity index (χ0n) is 17.7. The number of nitrogens with two attached hydrogens (primary N) is 1. The number of primary amides is 1. The lowest BCUT2D eigenvalue weighted by molar-refractivity contribution is -0.130. The average Bonchev–Trinajstić information content (AvgIpc) is 3.20. The maximum Gasteiger partial charge on any atom is 0.365 e. The summed E-state index contributed by atoms with van der Waals surface area (Å²) >= 11 is 0. The second-order valence-electron chi connectivity index (χ2n) is 7.36. The highest BCUT2D eigenvalue weighted by Crippen LogP contribution is 2.32. The van der Waals surface area contributed by atoms with E-state index in [9.17, 15) is 18.0 Å². The van der Waals surface area contributed by atoms with E-state index < -0.39 is 18.3 Å². The van der Waals surface area contributed by atoms with E-state index in [1.54, 1.807) is 17.7 Å². The third-order valence-electron chi connectivity index (χ3n) is 5.19. The van der Waals surface area contributed by atoms with Gasteiger partial charge in [-0.1, -0.05) is 0 Å². The molecule has 1 aliphatic rings. The molecule has 1 aliphatic heterocycles. The highest BCUT2D eigenvalue weighted by Gasteiger charge is 2.24. The fraction of sp³-hybridized carbons (Fsp3) is 0.286. The van der Waals surface area contributed by atoms with E-state index in [-0.39, 0.29) is 17.2 Å². The summed E-state index contributed by atoms with van der Waals surface area (Å²) in [4.78, 5) is 26.4. The van der Waals surface area contributed by atoms with E-state index in [1.165, 1.54) is 36.7 Å². The summed E-state index contributed by atoms with van der Waals surface area (Å²) < 4.78 is 43.0. The minimum Gasteiger partial charge on any atom is -0.369 e. The van der Waals surface area contributed by atoms with E-state index >= 15 is 0 Å². The Labute approximate surface area is 187 Å². The molecule has 3 aromatic rings. The highest BCUT2D eigenvalue weighted by molar-refractivity contribution is 5.94. The van der Waals surface area contributed by atoms with E-state index in [0.717, 1.165) is 13.1 Å². The van der Waals surface area contributed by atoms with Crippen LogP contribution in [0, 0.1) is 5.82 Å². The molecular weight excluding hydrogens is 439 g/mol. The van der Waals surface area contributed by atoms with Crippen LogP contribution in [0.5, 0.6) is 0 Å². The van der Waals surface area contributed by atoms with Crippen LogP contribution in [0.1, 0.15) is 10.4 Å². The summed E-state index contributed by atoms with van der Waals surface area (Å²) in [7, 11) is 1.67. The van der Waals surface area contributed by atoms with E-state index in [4.69, 9.17) is 5.73 Å². The number of carbonyl (C=O) groups excluding carboxylic acids is 1. The molecule has 0 unspecified atom stereocenters. The number of aromatic nitrogens is 3. The molecule has 9 nitrogen and oxygen atoms in total. The van der Waals surface area contributed by atoms with Crippen molar-refractivity contribution in [2.45, 2.75) is 6.61 Å². The number of nitrogens with zero attached hydrogens (tertiary/aromatic N) is 5. The van der Waals surface area contributed by atoms with Crippen LogP contribution in [0.2, 0.25) is 0 Å². The first kappa shape index (κ1) is 22.6. The van der Waals surface area contributed by atoms with Gasteiger partial charge in [-0.05, 0) is 30.3 Å². The van der Waals surface area contributed by atoms with Gasteiger partial charge in [0.1, 0.15) is 11.5 Å². The van der Waals surface area contributed by atoms with Gasteiger partial charge in [-0.3, -0.25) is 4.79 Å². The molecule has 12 heteroatoms. The van der Waals surface area contributed by atoms with Gasteiger partial charge < -0.3 is 20.5 Å². The lowest BCUT2D eigenvalue weighted by atomic mass is 10.2. The van der Waals surface area contributed by atoms with Crippen molar-refractivity contribution in [1.82, 2.24) is 19.9 Å². The van der Waals surface area contributed by atoms with Gasteiger partial charge in [-0.2, -0.15) is 18.7 Å². The highest BCUT2D eigenvalue weighted by atomic mass is 19.3. The summed E-state index contributed by atoms with van der Waals surface area (Å²) in [6, 6.07) is 7.23. The zero-order chi connectivity index (χ0) is 23.5. The Kier molecular flexibility index (Phi) is 6.47. The number of hydrogen-bond acceptors (Lipinski definition) is 7. The Morgan fingerprint density at radius 2 is 2.00 bits per heavy atom. The van der Waals surface area contributed by atoms with Crippen LogP contribution >= 0.6 is 0 Å². The summed E-state index contributed by atoms with van der Waals surface area (Å²) in [5.74, 6) is -1.70. The van der Waals surface area contributed by atoms with Crippen LogP contribution in [-0.4, -0.2) is 53.2 Å². The van der Waals surface area contributed by atoms with Crippen molar-refractivity contribution in [2.75, 3.05) is 36.1 Å². The molecule has 1 aromatic carbocycles. The Balaban J connectivity index is 1.75. The van der Waals surface area contributed by atoms with Gasteiger partial charge in [-0.15, -0.1) is 0 Å². The summed E-state index contributed by atoms with van der Waals surface area (Å²) in [5.41, 5.74) is 6.77. The first-order valence-corrected chi connectivity index (χ1v) is 10.1. The first-order chi connectivity index (χ1) is 15.8. The number of rotatable bonds is 7. The van der Waals surface area contributed by atoms with Crippen LogP contribution in [0.25, 0.3) is 11.4 Å². The van der Waals surface area contributed by atoms with Crippen molar-refractivity contribution in [3.63, 3.8) is 0 Å². The number of carbonyl (C=O) groups is 1. The predicted octanol–water partition coefficient (Wildman–Crippen LogP) is 2.42. The summed E-state index contributed by atoms with van der Waals surface area (Å²) in [5, 5.41) is 3.80. The molecule has 1 fully saturated rings. The quantitative estimate of drug-likeness (QED) is 0.521. The normalized spacial score (nSPS) is 14.0. The van der Waals surface area contributed by atoms with Gasteiger partial charge in [0.15, 0.2) is 0 Å². The molecule has 33 heavy (non-hydrogen) atoms. The number of halogens is 3. The summed E-state index contributed by atoms with van der Waals surface area (Å²) in [6.45, 7) is -0.390. The van der Waals surface area contributed by atoms with Crippen LogP contribution in [0.4, 0.5) is 30.5 Å². The van der Waals surface area contributed by atoms with Gasteiger partial charge in [0.05, 0.1) is 17.0 Å². The fourth-order valence-electron chi connectivity index (χ4n) is 3.61. The van der Waals surface area contributed by atoms with Crippen molar-refractivity contribution in [2.24, 2.45) is 12.8 Å². The first-order valence-electron chi connectivity index (χ1n) is 10.1. The maximum absolute atomic E-state index is 14.8. The molecule has 0 radical (unpaired) electrons. The Morgan fingerprint density at radius 3 is 2.67 bits per heavy atom. The number of hydrogen-bond donors (Lipinski definition) is 2. The molecule has 0 spiro atoms. The van der Waals surface area contributed by atoms with Crippen molar-refractivity contribution in [1.29, 1.82) is 0 Å². The molecule has 4 rings (SSSR count). The van der Waals surface area contributed by atoms with Crippen molar-refractivity contribution in [3.8, 4) is 11.4 Å². The van der Waals surface area contributed by atoms with E-state index in [1.807, 2.05) is 4.90 Å². The van der Waals surface area contributed by atoms with Crippen LogP contribution in [0.15, 0.2) is 42.7 Å². The number of amides is 1. The monoisotopic (exact) mass is 461 g/mol. The smallest absolute Gasteiger partial charge is 0.365 e. The largest absolute Gasteiger partial charge is 0.369 e. The lowest BCUT2D eigenvalue weighted by Crippen LogP contribution is -2.43. The van der Waals surface area contributed by atoms with Gasteiger partial charge in [0, 0.05) is 51.3 Å². The van der Waals surface area contributed by atoms with Crippen LogP contribution in [-0.2, 0) is 11.9 Å². The molecule has 174 valence electrons. The molecular formula is C21H22F3N7O2. The molecule has 3 heterocycles. The number of aryl methyl sites for hydroxylation is 1. The molecule has 0 atom stereocenters. The van der Waals surface area contributed by atoms with Crippen molar-refractivity contribution in [3.05, 3.63) is 54.1 Å². The Hall–Kier alpha value is -3.64. The molecule has 0 bridgehead atoms. The average molecular weight is 461 g/mol. The molecule has 0 aliphatic carbocycles. The number of anilines is 3. The zero-order valence-corrected chi connectivity index (χ0v) is 17.7. The minimum absolute atomic E-state index is 0.253. The maximum atomic E-state index is 14.8. The topological polar surface area (TPSA) is 102 Å². The second-order valence-corrected chi connectivity index (χ2v) is 7.36. The van der Waals surface area contributed by atoms with Crippen molar-refractivity contribution < 1.29 is 22.8 Å². The third-order valence-corrected chi connectivity index (χ3v) is 5.19. The number of alkyl halides is 2. The predicted molar refractivity (Wildman–Crippen MR) is 116 cm³/mol. The van der Waals surface area contributed by atoms with Gasteiger partial charge in [0.2, 0.25) is 5.91 Å². The SMILES string of the molecule is Cn1cc(C(N)=O)cc1-c1ccnc(N(OC(F)F)c2cc(N3CCNCC3)ccc2F)n1. The molecule has 0 saturated carbocycles. The van der Waals surface area contributed by atoms with Gasteiger partial charge in [0.25, 0.3) is 5.95 Å². The fourth-order valence-corrected chi connectivity index (χ4v) is 3.61. The lowest BCUT2D eigenvalue weighted by Gasteiger charge is -2.30. The number of nitrogens with one attached hydrogen (secondary N) is 1. The Bertz CT molecular complexity index is 1150. The minimum atomic E-state index is -3.25. The molecule has 1 amide bonds. The number of benzene rings is 1. The molecule has 1 saturated heterocycles. The summed E-state index contributed by atoms with van der Waals surface area (Å²) in [6.07, 6.45) is 2.85. The third kappa shape index (κ3) is 4.91. The molecule has 3 N–H and O–H groups in total. The molecule has 2 aromatic heterocycles. The van der Waals surface area contributed by atoms with Crippen LogP contribution < -0.4 is 21.0 Å². The van der Waals surface area contributed by atoms with Crippen molar-refractivity contribution >= 4 is 23.2 Å². The second kappa shape index (κ2) is 9.46.